The molecular weight excluding hydrogens is 511 g/mol. The molecule has 0 aromatic heterocycles. The summed E-state index contributed by atoms with van der Waals surface area (Å²) >= 11 is 3.62. The number of unbranched alkanes of at least 4 members (excludes halogenated alkanes) is 1. The van der Waals surface area contributed by atoms with Crippen molar-refractivity contribution in [1.29, 1.82) is 0 Å². The Balaban J connectivity index is 1.72. The molecule has 0 spiro atoms. The molecule has 1 saturated heterocycles. The fourth-order valence-electron chi connectivity index (χ4n) is 4.29. The van der Waals surface area contributed by atoms with Gasteiger partial charge in [-0.2, -0.15) is 0 Å². The van der Waals surface area contributed by atoms with Gasteiger partial charge in [-0.3, -0.25) is 9.59 Å². The van der Waals surface area contributed by atoms with Crippen molar-refractivity contribution in [3.05, 3.63) is 71.8 Å². The predicted octanol–water partition coefficient (Wildman–Crippen LogP) is 3.21. The first-order valence-corrected chi connectivity index (χ1v) is 13.1. The third-order valence-electron chi connectivity index (χ3n) is 6.29. The van der Waals surface area contributed by atoms with Crippen molar-refractivity contribution in [2.75, 3.05) is 0 Å². The van der Waals surface area contributed by atoms with Crippen molar-refractivity contribution >= 4 is 34.9 Å². The van der Waals surface area contributed by atoms with Crippen LogP contribution in [-0.2, 0) is 27.4 Å². The molecule has 0 saturated carbocycles. The largest absolute Gasteiger partial charge is 0.475 e. The van der Waals surface area contributed by atoms with E-state index in [1.54, 1.807) is 4.90 Å². The van der Waals surface area contributed by atoms with E-state index in [1.165, 1.54) is 0 Å². The van der Waals surface area contributed by atoms with Crippen molar-refractivity contribution in [2.45, 2.75) is 75.1 Å². The summed E-state index contributed by atoms with van der Waals surface area (Å²) in [6.45, 7) is 2.36. The smallest absolute Gasteiger partial charge is 0.426 e. The van der Waals surface area contributed by atoms with E-state index in [1.807, 2.05) is 67.6 Å². The molecule has 3 N–H and O–H groups in total. The van der Waals surface area contributed by atoms with Gasteiger partial charge in [0.05, 0.1) is 18.7 Å². The summed E-state index contributed by atoms with van der Waals surface area (Å²) in [6, 6.07) is 18.7. The van der Waals surface area contributed by atoms with Gasteiger partial charge in [0.1, 0.15) is 11.0 Å². The zero-order valence-electron chi connectivity index (χ0n) is 20.1. The topological polar surface area (TPSA) is 99.1 Å². The number of nitrogens with zero attached hydrogens (tertiary/aromatic N) is 1. The maximum absolute atomic E-state index is 13.3. The average molecular weight is 545 g/mol. The van der Waals surface area contributed by atoms with Gasteiger partial charge in [0.25, 0.3) is 0 Å². The van der Waals surface area contributed by atoms with E-state index < -0.39 is 30.0 Å². The van der Waals surface area contributed by atoms with Crippen LogP contribution in [0.1, 0.15) is 50.2 Å². The number of ether oxygens (including phenoxy) is 1. The normalized spacial score (nSPS) is 20.5. The van der Waals surface area contributed by atoms with E-state index >= 15 is 0 Å². The molecule has 1 fully saturated rings. The summed E-state index contributed by atoms with van der Waals surface area (Å²) in [7, 11) is -1.67. The molecule has 188 valence electrons. The van der Waals surface area contributed by atoms with Crippen LogP contribution in [0.4, 0.5) is 0 Å². The molecule has 2 aromatic carbocycles. The Morgan fingerprint density at radius 2 is 1.74 bits per heavy atom. The molecule has 2 amide bonds. The Kier molecular flexibility index (Phi) is 10.8. The standard InChI is InChI=1S/C26H34BBrN2O5/c1-2-3-14-23(27(33)34)29-26(32)21-17-22(35-18-20-12-8-5-9-13-20)25(28)30(21)24(31)16-15-19-10-6-4-7-11-19/h4-13,21-23,25,33-34H,2-3,14-18H2,1H3,(H,29,32)/t21?,22-,23+,25?/m1/s1. The van der Waals surface area contributed by atoms with Crippen LogP contribution in [-0.4, -0.2) is 56.9 Å². The number of benzene rings is 2. The van der Waals surface area contributed by atoms with Crippen molar-refractivity contribution in [2.24, 2.45) is 0 Å². The quantitative estimate of drug-likeness (QED) is 0.216. The molecule has 7 nitrogen and oxygen atoms in total. The summed E-state index contributed by atoms with van der Waals surface area (Å²) in [5, 5.41) is 22.3. The zero-order valence-corrected chi connectivity index (χ0v) is 21.6. The third-order valence-corrected chi connectivity index (χ3v) is 7.32. The molecule has 0 aliphatic carbocycles. The monoisotopic (exact) mass is 544 g/mol. The molecule has 1 aliphatic rings. The van der Waals surface area contributed by atoms with Crippen molar-refractivity contribution in [1.82, 2.24) is 10.2 Å². The molecule has 0 bridgehead atoms. The van der Waals surface area contributed by atoms with Gasteiger partial charge >= 0.3 is 7.12 Å². The number of likely N-dealkylation sites (tertiary alicyclic amines) is 1. The highest BCUT2D eigenvalue weighted by Crippen LogP contribution is 2.33. The SMILES string of the molecule is CCCC[C@H](NC(=O)C1C[C@@H](OCc2ccccc2)C(Br)N1C(=O)CCc1ccccc1)B(O)O. The third kappa shape index (κ3) is 7.90. The minimum Gasteiger partial charge on any atom is -0.426 e. The van der Waals surface area contributed by atoms with Crippen molar-refractivity contribution < 1.29 is 24.4 Å². The first-order valence-electron chi connectivity index (χ1n) is 12.2. The lowest BCUT2D eigenvalue weighted by molar-refractivity contribution is -0.139. The van der Waals surface area contributed by atoms with E-state index in [0.29, 0.717) is 25.9 Å². The second kappa shape index (κ2) is 13.8. The number of alkyl halides is 1. The predicted molar refractivity (Wildman–Crippen MR) is 139 cm³/mol. The van der Waals surface area contributed by atoms with Crippen LogP contribution in [0.15, 0.2) is 60.7 Å². The molecule has 3 rings (SSSR count). The number of carbonyl (C=O) groups excluding carboxylic acids is 2. The molecule has 2 aromatic rings. The lowest BCUT2D eigenvalue weighted by Crippen LogP contribution is -2.54. The highest BCUT2D eigenvalue weighted by Gasteiger charge is 2.47. The van der Waals surface area contributed by atoms with Crippen molar-refractivity contribution in [3.8, 4) is 0 Å². The zero-order chi connectivity index (χ0) is 25.2. The fraction of sp³-hybridized carbons (Fsp3) is 0.462. The van der Waals surface area contributed by atoms with Gasteiger partial charge in [-0.15, -0.1) is 0 Å². The van der Waals surface area contributed by atoms with Crippen LogP contribution in [0.5, 0.6) is 0 Å². The maximum Gasteiger partial charge on any atom is 0.475 e. The summed E-state index contributed by atoms with van der Waals surface area (Å²) in [5.74, 6) is -1.35. The summed E-state index contributed by atoms with van der Waals surface area (Å²) in [6.07, 6.45) is 2.80. The number of hydrogen-bond acceptors (Lipinski definition) is 5. The Bertz CT molecular complexity index is 934. The van der Waals surface area contributed by atoms with Crippen LogP contribution in [0, 0.1) is 0 Å². The Morgan fingerprint density at radius 1 is 1.11 bits per heavy atom. The molecular formula is C26H34BBrN2O5. The lowest BCUT2D eigenvalue weighted by Gasteiger charge is -2.29. The minimum absolute atomic E-state index is 0.156. The molecule has 2 unspecified atom stereocenters. The Labute approximate surface area is 216 Å². The van der Waals surface area contributed by atoms with E-state index in [-0.39, 0.29) is 18.4 Å². The van der Waals surface area contributed by atoms with E-state index in [0.717, 1.165) is 24.0 Å². The lowest BCUT2D eigenvalue weighted by atomic mass is 9.76. The number of hydrogen-bond donors (Lipinski definition) is 3. The summed E-state index contributed by atoms with van der Waals surface area (Å²) in [5.41, 5.74) is 2.05. The van der Waals surface area contributed by atoms with E-state index in [4.69, 9.17) is 4.74 Å². The number of aryl methyl sites for hydroxylation is 1. The van der Waals surface area contributed by atoms with Gasteiger partial charge < -0.3 is 25.0 Å². The van der Waals surface area contributed by atoms with E-state index in [9.17, 15) is 19.6 Å². The molecule has 9 heteroatoms. The molecule has 1 aliphatic heterocycles. The van der Waals surface area contributed by atoms with Gasteiger partial charge in [0.2, 0.25) is 11.8 Å². The molecule has 1 heterocycles. The van der Waals surface area contributed by atoms with Gasteiger partial charge in [0.15, 0.2) is 0 Å². The van der Waals surface area contributed by atoms with E-state index in [2.05, 4.69) is 21.2 Å². The van der Waals surface area contributed by atoms with Crippen LogP contribution in [0.3, 0.4) is 0 Å². The maximum atomic E-state index is 13.3. The highest BCUT2D eigenvalue weighted by atomic mass is 79.9. The second-order valence-electron chi connectivity index (χ2n) is 8.92. The molecule has 4 atom stereocenters. The fourth-order valence-corrected chi connectivity index (χ4v) is 5.17. The highest BCUT2D eigenvalue weighted by molar-refractivity contribution is 9.09. The number of carbonyl (C=O) groups is 2. The van der Waals surface area contributed by atoms with Crippen LogP contribution in [0.25, 0.3) is 0 Å². The van der Waals surface area contributed by atoms with Gasteiger partial charge in [0, 0.05) is 12.8 Å². The van der Waals surface area contributed by atoms with Crippen molar-refractivity contribution in [3.63, 3.8) is 0 Å². The number of rotatable bonds is 12. The van der Waals surface area contributed by atoms with Gasteiger partial charge in [-0.05, 0) is 24.0 Å². The van der Waals surface area contributed by atoms with Crippen LogP contribution in [0.2, 0.25) is 0 Å². The number of halogens is 1. The average Bonchev–Trinajstić information content (AvgIpc) is 3.21. The van der Waals surface area contributed by atoms with Gasteiger partial charge in [-0.1, -0.05) is 96.4 Å². The first kappa shape index (κ1) is 27.4. The molecule has 0 radical (unpaired) electrons. The second-order valence-corrected chi connectivity index (χ2v) is 9.85. The Morgan fingerprint density at radius 3 is 2.34 bits per heavy atom. The Hall–Kier alpha value is -2.20. The number of amides is 2. The summed E-state index contributed by atoms with van der Waals surface area (Å²) in [4.78, 5) is 27.7. The first-order chi connectivity index (χ1) is 16.9. The number of nitrogens with one attached hydrogen (secondary N) is 1. The van der Waals surface area contributed by atoms with Crippen LogP contribution >= 0.6 is 15.9 Å². The van der Waals surface area contributed by atoms with Gasteiger partial charge in [-0.25, -0.2) is 0 Å². The molecule has 35 heavy (non-hydrogen) atoms. The van der Waals surface area contributed by atoms with Crippen LogP contribution < -0.4 is 5.32 Å². The minimum atomic E-state index is -1.67. The summed E-state index contributed by atoms with van der Waals surface area (Å²) < 4.78 is 6.12.